The van der Waals surface area contributed by atoms with E-state index >= 15 is 0 Å². The van der Waals surface area contributed by atoms with Crippen LogP contribution in [0, 0.1) is 5.82 Å². The zero-order valence-electron chi connectivity index (χ0n) is 15.1. The summed E-state index contributed by atoms with van der Waals surface area (Å²) in [6.45, 7) is 0.806. The summed E-state index contributed by atoms with van der Waals surface area (Å²) in [5.74, 6) is 0.260. The van der Waals surface area contributed by atoms with Crippen LogP contribution in [0.2, 0.25) is 0 Å². The van der Waals surface area contributed by atoms with Crippen LogP contribution in [0.5, 0.6) is 5.75 Å². The fourth-order valence-electron chi connectivity index (χ4n) is 3.05. The van der Waals surface area contributed by atoms with Gasteiger partial charge in [-0.3, -0.25) is 4.79 Å². The van der Waals surface area contributed by atoms with Crippen LogP contribution in [-0.4, -0.2) is 38.2 Å². The molecule has 0 spiro atoms. The van der Waals surface area contributed by atoms with Gasteiger partial charge in [-0.1, -0.05) is 18.2 Å². The molecule has 1 fully saturated rings. The predicted octanol–water partition coefficient (Wildman–Crippen LogP) is 2.48. The van der Waals surface area contributed by atoms with Gasteiger partial charge in [-0.2, -0.15) is 0 Å². The van der Waals surface area contributed by atoms with Crippen molar-refractivity contribution in [2.75, 3.05) is 25.1 Å². The lowest BCUT2D eigenvalue weighted by molar-refractivity contribution is -0.117. The number of rotatable bonds is 6. The van der Waals surface area contributed by atoms with E-state index < -0.39 is 5.82 Å². The topological polar surface area (TPSA) is 70.7 Å². The fourth-order valence-corrected chi connectivity index (χ4v) is 3.05. The Morgan fingerprint density at radius 1 is 1.26 bits per heavy atom. The molecule has 0 unspecified atom stereocenters. The lowest BCUT2D eigenvalue weighted by atomic mass is 10.1. The number of ether oxygens (including phenoxy) is 1. The Bertz CT molecular complexity index is 810. The summed E-state index contributed by atoms with van der Waals surface area (Å²) < 4.78 is 18.5. The van der Waals surface area contributed by atoms with Gasteiger partial charge in [-0.15, -0.1) is 0 Å². The molecule has 0 aliphatic carbocycles. The van der Waals surface area contributed by atoms with Crippen LogP contribution in [0.25, 0.3) is 0 Å². The molecule has 3 rings (SSSR count). The van der Waals surface area contributed by atoms with Crippen molar-refractivity contribution in [3.05, 3.63) is 59.9 Å². The third-order valence-electron chi connectivity index (χ3n) is 4.44. The van der Waals surface area contributed by atoms with Crippen molar-refractivity contribution in [1.29, 1.82) is 0 Å². The number of carbonyl (C=O) groups excluding carboxylic acids is 2. The third-order valence-corrected chi connectivity index (χ3v) is 4.44. The Labute approximate surface area is 157 Å². The molecule has 0 saturated carbocycles. The van der Waals surface area contributed by atoms with Crippen LogP contribution in [0.1, 0.15) is 12.0 Å². The average molecular weight is 371 g/mol. The molecule has 1 heterocycles. The fraction of sp³-hybridized carbons (Fsp3) is 0.300. The molecule has 1 atom stereocenters. The minimum atomic E-state index is -0.395. The quantitative estimate of drug-likeness (QED) is 0.820. The van der Waals surface area contributed by atoms with Gasteiger partial charge in [0.25, 0.3) is 0 Å². The monoisotopic (exact) mass is 371 g/mol. The van der Waals surface area contributed by atoms with E-state index in [2.05, 4.69) is 10.6 Å². The first-order chi connectivity index (χ1) is 13.0. The molecule has 0 aromatic heterocycles. The van der Waals surface area contributed by atoms with E-state index in [0.717, 1.165) is 11.3 Å². The number of urea groups is 1. The van der Waals surface area contributed by atoms with Crippen LogP contribution >= 0.6 is 0 Å². The Morgan fingerprint density at radius 3 is 2.74 bits per heavy atom. The second-order valence-electron chi connectivity index (χ2n) is 6.38. The van der Waals surface area contributed by atoms with Gasteiger partial charge in [-0.05, 0) is 42.3 Å². The number of nitrogens with one attached hydrogen (secondary N) is 2. The van der Waals surface area contributed by atoms with Gasteiger partial charge in [-0.25, -0.2) is 9.18 Å². The second-order valence-corrected chi connectivity index (χ2v) is 6.38. The van der Waals surface area contributed by atoms with Crippen molar-refractivity contribution >= 4 is 17.6 Å². The number of benzene rings is 2. The smallest absolute Gasteiger partial charge is 0.315 e. The number of methoxy groups -OCH3 is 1. The van der Waals surface area contributed by atoms with E-state index in [-0.39, 0.29) is 24.4 Å². The highest BCUT2D eigenvalue weighted by atomic mass is 19.1. The van der Waals surface area contributed by atoms with Gasteiger partial charge in [0, 0.05) is 25.2 Å². The summed E-state index contributed by atoms with van der Waals surface area (Å²) in [7, 11) is 1.62. The number of anilines is 1. The zero-order valence-corrected chi connectivity index (χ0v) is 15.1. The van der Waals surface area contributed by atoms with Gasteiger partial charge < -0.3 is 20.3 Å². The van der Waals surface area contributed by atoms with Crippen molar-refractivity contribution in [2.24, 2.45) is 0 Å². The third kappa shape index (κ3) is 4.97. The maximum Gasteiger partial charge on any atom is 0.315 e. The molecule has 1 aliphatic heterocycles. The normalized spacial score (nSPS) is 16.3. The Morgan fingerprint density at radius 2 is 2.04 bits per heavy atom. The van der Waals surface area contributed by atoms with Crippen LogP contribution < -0.4 is 20.3 Å². The highest BCUT2D eigenvalue weighted by molar-refractivity contribution is 5.96. The standard InChI is InChI=1S/C20H22FN3O3/c1-27-18-7-5-14(6-8-18)9-10-22-20(26)23-16-12-19(25)24(13-16)17-4-2-3-15(21)11-17/h2-8,11,16H,9-10,12-13H2,1H3,(H2,22,23,26)/t16-/m0/s1. The van der Waals surface area contributed by atoms with Gasteiger partial charge in [0.2, 0.25) is 5.91 Å². The van der Waals surface area contributed by atoms with Gasteiger partial charge in [0.05, 0.1) is 13.2 Å². The number of carbonyl (C=O) groups is 2. The number of halogens is 1. The lowest BCUT2D eigenvalue weighted by Crippen LogP contribution is -2.43. The molecular formula is C20H22FN3O3. The van der Waals surface area contributed by atoms with Crippen LogP contribution in [0.4, 0.5) is 14.9 Å². The van der Waals surface area contributed by atoms with Crippen molar-refractivity contribution in [2.45, 2.75) is 18.9 Å². The average Bonchev–Trinajstić information content (AvgIpc) is 3.02. The number of hydrogen-bond acceptors (Lipinski definition) is 3. The molecule has 2 aromatic rings. The van der Waals surface area contributed by atoms with Crippen LogP contribution in [-0.2, 0) is 11.2 Å². The van der Waals surface area contributed by atoms with Crippen molar-refractivity contribution in [1.82, 2.24) is 10.6 Å². The maximum absolute atomic E-state index is 13.4. The predicted molar refractivity (Wildman–Crippen MR) is 100 cm³/mol. The summed E-state index contributed by atoms with van der Waals surface area (Å²) in [6, 6.07) is 12.9. The molecule has 27 heavy (non-hydrogen) atoms. The highest BCUT2D eigenvalue weighted by Crippen LogP contribution is 2.22. The molecule has 0 radical (unpaired) electrons. The molecule has 3 amide bonds. The summed E-state index contributed by atoms with van der Waals surface area (Å²) in [5, 5.41) is 5.60. The van der Waals surface area contributed by atoms with E-state index in [4.69, 9.17) is 4.74 Å². The number of hydrogen-bond donors (Lipinski definition) is 2. The molecule has 1 aliphatic rings. The van der Waals surface area contributed by atoms with Gasteiger partial charge in [0.1, 0.15) is 11.6 Å². The highest BCUT2D eigenvalue weighted by Gasteiger charge is 2.31. The Balaban J connectivity index is 1.45. The molecular weight excluding hydrogens is 349 g/mol. The first kappa shape index (κ1) is 18.7. The van der Waals surface area contributed by atoms with Crippen LogP contribution in [0.15, 0.2) is 48.5 Å². The molecule has 7 heteroatoms. The van der Waals surface area contributed by atoms with Crippen molar-refractivity contribution < 1.29 is 18.7 Å². The molecule has 0 bridgehead atoms. The lowest BCUT2D eigenvalue weighted by Gasteiger charge is -2.17. The molecule has 2 aromatic carbocycles. The van der Waals surface area contributed by atoms with E-state index in [1.54, 1.807) is 19.2 Å². The second kappa shape index (κ2) is 8.53. The number of amides is 3. The Hall–Kier alpha value is -3.09. The van der Waals surface area contributed by atoms with Crippen molar-refractivity contribution in [3.8, 4) is 5.75 Å². The van der Waals surface area contributed by atoms with E-state index in [1.807, 2.05) is 24.3 Å². The Kier molecular flexibility index (Phi) is 5.90. The maximum atomic E-state index is 13.4. The molecule has 1 saturated heterocycles. The van der Waals surface area contributed by atoms with E-state index in [0.29, 0.717) is 25.2 Å². The summed E-state index contributed by atoms with van der Waals surface area (Å²) in [5.41, 5.74) is 1.59. The summed E-state index contributed by atoms with van der Waals surface area (Å²) >= 11 is 0. The van der Waals surface area contributed by atoms with E-state index in [1.165, 1.54) is 17.0 Å². The first-order valence-corrected chi connectivity index (χ1v) is 8.78. The molecule has 142 valence electrons. The van der Waals surface area contributed by atoms with Crippen LogP contribution in [0.3, 0.4) is 0 Å². The minimum Gasteiger partial charge on any atom is -0.497 e. The first-order valence-electron chi connectivity index (χ1n) is 8.78. The largest absolute Gasteiger partial charge is 0.497 e. The van der Waals surface area contributed by atoms with Gasteiger partial charge in [0.15, 0.2) is 0 Å². The molecule has 2 N–H and O–H groups in total. The van der Waals surface area contributed by atoms with E-state index in [9.17, 15) is 14.0 Å². The summed E-state index contributed by atoms with van der Waals surface area (Å²) in [6.07, 6.45) is 0.888. The zero-order chi connectivity index (χ0) is 19.2. The summed E-state index contributed by atoms with van der Waals surface area (Å²) in [4.78, 5) is 25.7. The molecule has 6 nitrogen and oxygen atoms in total. The SMILES string of the molecule is COc1ccc(CCNC(=O)N[C@H]2CC(=O)N(c3cccc(F)c3)C2)cc1. The minimum absolute atomic E-state index is 0.135. The number of nitrogens with zero attached hydrogens (tertiary/aromatic N) is 1. The van der Waals surface area contributed by atoms with Gasteiger partial charge >= 0.3 is 6.03 Å². The van der Waals surface area contributed by atoms with Crippen molar-refractivity contribution in [3.63, 3.8) is 0 Å².